The van der Waals surface area contributed by atoms with Crippen LogP contribution in [0.2, 0.25) is 0 Å². The molecule has 5 aromatic rings. The summed E-state index contributed by atoms with van der Waals surface area (Å²) in [5, 5.41) is 26.8. The molecule has 0 aliphatic heterocycles. The number of amides is 1. The van der Waals surface area contributed by atoms with Crippen LogP contribution in [0, 0.1) is 5.92 Å². The highest BCUT2D eigenvalue weighted by molar-refractivity contribution is 7.99. The Balaban J connectivity index is 1.32. The highest BCUT2D eigenvalue weighted by Gasteiger charge is 2.30. The van der Waals surface area contributed by atoms with Gasteiger partial charge in [-0.15, -0.1) is 10.2 Å². The van der Waals surface area contributed by atoms with Gasteiger partial charge in [0, 0.05) is 37.2 Å². The van der Waals surface area contributed by atoms with Crippen molar-refractivity contribution in [2.24, 2.45) is 5.92 Å². The van der Waals surface area contributed by atoms with Crippen LogP contribution in [0.15, 0.2) is 71.2 Å². The first kappa shape index (κ1) is 21.8. The number of hydrogen-bond acceptors (Lipinski definition) is 7. The van der Waals surface area contributed by atoms with E-state index in [1.165, 1.54) is 17.3 Å². The van der Waals surface area contributed by atoms with Gasteiger partial charge < -0.3 is 10.4 Å². The molecule has 35 heavy (non-hydrogen) atoms. The van der Waals surface area contributed by atoms with Crippen LogP contribution < -0.4 is 5.32 Å². The van der Waals surface area contributed by atoms with Gasteiger partial charge >= 0.3 is 0 Å². The van der Waals surface area contributed by atoms with Crippen molar-refractivity contribution >= 4 is 34.7 Å². The number of carbonyl (C=O) groups is 1. The number of pyridine rings is 1. The Morgan fingerprint density at radius 1 is 1.14 bits per heavy atom. The molecule has 0 unspecified atom stereocenters. The van der Waals surface area contributed by atoms with Crippen molar-refractivity contribution in [2.45, 2.75) is 35.9 Å². The first-order valence-corrected chi connectivity index (χ1v) is 12.4. The fourth-order valence-corrected chi connectivity index (χ4v) is 4.83. The Hall–Kier alpha value is -3.76. The third kappa shape index (κ3) is 4.50. The largest absolute Gasteiger partial charge is 0.396 e. The molecule has 0 bridgehead atoms. The predicted molar refractivity (Wildman–Crippen MR) is 132 cm³/mol. The Kier molecular flexibility index (Phi) is 5.67. The van der Waals surface area contributed by atoms with E-state index in [2.05, 4.69) is 43.8 Å². The molecule has 1 aliphatic rings. The molecule has 1 amide bonds. The van der Waals surface area contributed by atoms with E-state index in [-0.39, 0.29) is 18.4 Å². The minimum atomic E-state index is 0.0239. The zero-order valence-corrected chi connectivity index (χ0v) is 19.6. The normalized spacial score (nSPS) is 13.5. The molecule has 9 nitrogen and oxygen atoms in total. The lowest BCUT2D eigenvalue weighted by molar-refractivity contribution is -0.117. The van der Waals surface area contributed by atoms with Crippen molar-refractivity contribution in [2.75, 3.05) is 11.9 Å². The molecule has 6 rings (SSSR count). The quantitative estimate of drug-likeness (QED) is 0.343. The molecule has 0 radical (unpaired) electrons. The van der Waals surface area contributed by atoms with E-state index >= 15 is 0 Å². The minimum absolute atomic E-state index is 0.0239. The molecule has 10 heteroatoms. The van der Waals surface area contributed by atoms with Gasteiger partial charge in [-0.25, -0.2) is 9.50 Å². The SMILES string of the molecule is O=C(Nc1cc(Sc2nnc3ccc(-c4cccc(CCCO)c4)cn23)nn2ccnc12)C1CC1. The standard InChI is InChI=1S/C25H23N7O2S/c33-12-2-4-16-3-1-5-18(13-16)19-8-9-21-28-29-25(31(21)15-19)35-22-14-20(27-24(34)17-6-7-17)23-26-10-11-32(23)30-22/h1,3,5,8-11,13-15,17,33H,2,4,6-7,12H2,(H,27,34). The zero-order valence-electron chi connectivity index (χ0n) is 18.8. The number of benzene rings is 1. The van der Waals surface area contributed by atoms with Gasteiger partial charge in [-0.05, 0) is 66.3 Å². The molecule has 4 aromatic heterocycles. The lowest BCUT2D eigenvalue weighted by atomic mass is 10.0. The Bertz CT molecular complexity index is 1540. The molecule has 1 aromatic carbocycles. The number of hydrogen-bond donors (Lipinski definition) is 2. The summed E-state index contributed by atoms with van der Waals surface area (Å²) in [7, 11) is 0. The zero-order chi connectivity index (χ0) is 23.8. The number of carbonyl (C=O) groups excluding carboxylic acids is 1. The Labute approximate surface area is 205 Å². The summed E-state index contributed by atoms with van der Waals surface area (Å²) in [5.41, 5.74) is 5.30. The Morgan fingerprint density at radius 3 is 2.91 bits per heavy atom. The first-order valence-electron chi connectivity index (χ1n) is 11.6. The van der Waals surface area contributed by atoms with Crippen LogP contribution in [0.3, 0.4) is 0 Å². The predicted octanol–water partition coefficient (Wildman–Crippen LogP) is 3.86. The Morgan fingerprint density at radius 2 is 2.06 bits per heavy atom. The van der Waals surface area contributed by atoms with Crippen molar-refractivity contribution in [3.8, 4) is 11.1 Å². The second kappa shape index (κ2) is 9.12. The second-order valence-electron chi connectivity index (χ2n) is 8.61. The third-order valence-corrected chi connectivity index (χ3v) is 6.86. The number of imidazole rings is 1. The number of aliphatic hydroxyl groups is 1. The van der Waals surface area contributed by atoms with E-state index in [0.717, 1.165) is 42.5 Å². The molecular formula is C25H23N7O2S. The van der Waals surface area contributed by atoms with Crippen molar-refractivity contribution < 1.29 is 9.90 Å². The summed E-state index contributed by atoms with van der Waals surface area (Å²) >= 11 is 1.38. The van der Waals surface area contributed by atoms with E-state index in [1.54, 1.807) is 16.9 Å². The molecule has 1 aliphatic carbocycles. The van der Waals surface area contributed by atoms with Crippen LogP contribution in [0.1, 0.15) is 24.8 Å². The summed E-state index contributed by atoms with van der Waals surface area (Å²) in [6.45, 7) is 0.183. The lowest BCUT2D eigenvalue weighted by Gasteiger charge is -2.09. The van der Waals surface area contributed by atoms with Crippen molar-refractivity contribution in [3.05, 3.63) is 66.6 Å². The van der Waals surface area contributed by atoms with E-state index in [4.69, 9.17) is 5.11 Å². The van der Waals surface area contributed by atoms with E-state index in [9.17, 15) is 4.79 Å². The number of aryl methyl sites for hydroxylation is 1. The molecule has 176 valence electrons. The molecule has 4 heterocycles. The van der Waals surface area contributed by atoms with Crippen LogP contribution in [0.25, 0.3) is 22.4 Å². The number of anilines is 1. The number of nitrogens with one attached hydrogen (secondary N) is 1. The van der Waals surface area contributed by atoms with Crippen LogP contribution >= 0.6 is 11.8 Å². The topological polar surface area (TPSA) is 110 Å². The summed E-state index contributed by atoms with van der Waals surface area (Å²) in [4.78, 5) is 16.7. The average Bonchev–Trinajstić information content (AvgIpc) is 3.50. The van der Waals surface area contributed by atoms with E-state index in [0.29, 0.717) is 21.5 Å². The molecular weight excluding hydrogens is 462 g/mol. The maximum absolute atomic E-state index is 12.4. The number of aromatic nitrogens is 6. The summed E-state index contributed by atoms with van der Waals surface area (Å²) in [5.74, 6) is 0.117. The number of fused-ring (bicyclic) bond motifs is 2. The van der Waals surface area contributed by atoms with Gasteiger partial charge in [0.05, 0.1) is 5.69 Å². The van der Waals surface area contributed by atoms with E-state index in [1.807, 2.05) is 34.9 Å². The third-order valence-electron chi connectivity index (χ3n) is 5.99. The van der Waals surface area contributed by atoms with Gasteiger partial charge in [0.2, 0.25) is 11.1 Å². The van der Waals surface area contributed by atoms with Gasteiger partial charge in [0.25, 0.3) is 0 Å². The average molecular weight is 486 g/mol. The second-order valence-corrected chi connectivity index (χ2v) is 9.60. The van der Waals surface area contributed by atoms with E-state index < -0.39 is 0 Å². The highest BCUT2D eigenvalue weighted by Crippen LogP contribution is 2.33. The van der Waals surface area contributed by atoms with Gasteiger partial charge in [0.15, 0.2) is 11.3 Å². The van der Waals surface area contributed by atoms with Crippen LogP contribution in [0.5, 0.6) is 0 Å². The fourth-order valence-electron chi connectivity index (χ4n) is 4.01. The number of rotatable bonds is 8. The van der Waals surface area contributed by atoms with Gasteiger partial charge in [-0.1, -0.05) is 24.3 Å². The molecule has 0 saturated heterocycles. The number of aliphatic hydroxyl groups excluding tert-OH is 1. The van der Waals surface area contributed by atoms with Gasteiger partial charge in [-0.3, -0.25) is 9.20 Å². The minimum Gasteiger partial charge on any atom is -0.396 e. The maximum atomic E-state index is 12.4. The van der Waals surface area contributed by atoms with Crippen LogP contribution in [-0.2, 0) is 11.2 Å². The van der Waals surface area contributed by atoms with Crippen LogP contribution in [-0.4, -0.2) is 46.8 Å². The molecule has 0 spiro atoms. The first-order chi connectivity index (χ1) is 17.2. The lowest BCUT2D eigenvalue weighted by Crippen LogP contribution is -2.14. The summed E-state index contributed by atoms with van der Waals surface area (Å²) < 4.78 is 3.61. The van der Waals surface area contributed by atoms with Gasteiger partial charge in [0.1, 0.15) is 5.03 Å². The fraction of sp³-hybridized carbons (Fsp3) is 0.240. The summed E-state index contributed by atoms with van der Waals surface area (Å²) in [6.07, 6.45) is 8.89. The molecule has 0 atom stereocenters. The highest BCUT2D eigenvalue weighted by atomic mass is 32.2. The number of nitrogens with zero attached hydrogens (tertiary/aromatic N) is 6. The smallest absolute Gasteiger partial charge is 0.227 e. The van der Waals surface area contributed by atoms with Crippen LogP contribution in [0.4, 0.5) is 5.69 Å². The maximum Gasteiger partial charge on any atom is 0.227 e. The monoisotopic (exact) mass is 485 g/mol. The van der Waals surface area contributed by atoms with Gasteiger partial charge in [-0.2, -0.15) is 5.10 Å². The molecule has 1 saturated carbocycles. The molecule has 2 N–H and O–H groups in total. The van der Waals surface area contributed by atoms with Crippen molar-refractivity contribution in [3.63, 3.8) is 0 Å². The van der Waals surface area contributed by atoms with Crippen molar-refractivity contribution in [1.29, 1.82) is 0 Å². The van der Waals surface area contributed by atoms with Crippen molar-refractivity contribution in [1.82, 2.24) is 29.2 Å². The summed E-state index contributed by atoms with van der Waals surface area (Å²) in [6, 6.07) is 14.2. The molecule has 1 fully saturated rings.